The number of hydrogen-bond donors (Lipinski definition) is 2. The van der Waals surface area contributed by atoms with Crippen molar-refractivity contribution in [3.63, 3.8) is 0 Å². The average molecular weight is 444 g/mol. The van der Waals surface area contributed by atoms with E-state index in [4.69, 9.17) is 5.73 Å². The summed E-state index contributed by atoms with van der Waals surface area (Å²) in [4.78, 5) is 18.7. The maximum atomic E-state index is 12.4. The van der Waals surface area contributed by atoms with Crippen LogP contribution in [0.25, 0.3) is 0 Å². The maximum absolute atomic E-state index is 12.4. The predicted molar refractivity (Wildman–Crippen MR) is 110 cm³/mol. The van der Waals surface area contributed by atoms with Crippen LogP contribution in [0.4, 0.5) is 0 Å². The van der Waals surface area contributed by atoms with Gasteiger partial charge in [0, 0.05) is 25.2 Å². The van der Waals surface area contributed by atoms with Crippen LogP contribution in [0.3, 0.4) is 0 Å². The standard InChI is InChI=1S/C18H28N4O.HI/c1-2-3-11-20-18(19)21-14-15-7-9-16(10-8-15)17(23)22-12-5-4-6-13-22;/h7-10H,2-6,11-14H2,1H3,(H3,19,20,21);1H. The number of likely N-dealkylation sites (tertiary alicyclic amines) is 1. The molecule has 1 saturated heterocycles. The highest BCUT2D eigenvalue weighted by molar-refractivity contribution is 14.0. The minimum Gasteiger partial charge on any atom is -0.370 e. The number of carbonyl (C=O) groups excluding carboxylic acids is 1. The Morgan fingerprint density at radius 1 is 1.21 bits per heavy atom. The van der Waals surface area contributed by atoms with Crippen molar-refractivity contribution in [2.75, 3.05) is 19.6 Å². The van der Waals surface area contributed by atoms with Crippen LogP contribution >= 0.6 is 24.0 Å². The molecule has 0 saturated carbocycles. The summed E-state index contributed by atoms with van der Waals surface area (Å²) in [5, 5.41) is 3.09. The molecule has 24 heavy (non-hydrogen) atoms. The van der Waals surface area contributed by atoms with Crippen molar-refractivity contribution < 1.29 is 4.79 Å². The van der Waals surface area contributed by atoms with Gasteiger partial charge in [-0.05, 0) is 43.4 Å². The van der Waals surface area contributed by atoms with Gasteiger partial charge < -0.3 is 16.0 Å². The molecule has 1 aliphatic heterocycles. The molecule has 0 aromatic heterocycles. The van der Waals surface area contributed by atoms with Crippen molar-refractivity contribution in [2.45, 2.75) is 45.6 Å². The fourth-order valence-corrected chi connectivity index (χ4v) is 2.66. The van der Waals surface area contributed by atoms with E-state index in [0.29, 0.717) is 12.5 Å². The van der Waals surface area contributed by atoms with Crippen LogP contribution < -0.4 is 11.1 Å². The van der Waals surface area contributed by atoms with Gasteiger partial charge in [0.2, 0.25) is 0 Å². The maximum Gasteiger partial charge on any atom is 0.253 e. The summed E-state index contributed by atoms with van der Waals surface area (Å²) >= 11 is 0. The Bertz CT molecular complexity index is 524. The van der Waals surface area contributed by atoms with Crippen LogP contribution in [0.15, 0.2) is 29.3 Å². The van der Waals surface area contributed by atoms with Crippen LogP contribution in [0.2, 0.25) is 0 Å². The quantitative estimate of drug-likeness (QED) is 0.307. The second-order valence-corrected chi connectivity index (χ2v) is 6.03. The topological polar surface area (TPSA) is 70.7 Å². The summed E-state index contributed by atoms with van der Waals surface area (Å²) in [5.41, 5.74) is 7.63. The molecule has 1 aromatic carbocycles. The number of guanidine groups is 1. The number of unbranched alkanes of at least 4 members (excludes halogenated alkanes) is 1. The van der Waals surface area contributed by atoms with E-state index in [1.807, 2.05) is 29.2 Å². The lowest BCUT2D eigenvalue weighted by atomic mass is 10.1. The first kappa shape index (κ1) is 20.7. The molecule has 0 radical (unpaired) electrons. The molecule has 1 heterocycles. The summed E-state index contributed by atoms with van der Waals surface area (Å²) < 4.78 is 0. The fourth-order valence-electron chi connectivity index (χ4n) is 2.66. The van der Waals surface area contributed by atoms with Gasteiger partial charge in [0.25, 0.3) is 5.91 Å². The molecule has 1 fully saturated rings. The van der Waals surface area contributed by atoms with Crippen molar-refractivity contribution >= 4 is 35.8 Å². The third-order valence-electron chi connectivity index (χ3n) is 4.11. The molecule has 5 nitrogen and oxygen atoms in total. The second kappa shape index (κ2) is 11.3. The molecule has 3 N–H and O–H groups in total. The minimum atomic E-state index is 0. The first-order valence-corrected chi connectivity index (χ1v) is 8.62. The molecule has 0 atom stereocenters. The zero-order chi connectivity index (χ0) is 16.5. The molecule has 0 aliphatic carbocycles. The van der Waals surface area contributed by atoms with Crippen LogP contribution in [0, 0.1) is 0 Å². The van der Waals surface area contributed by atoms with Crippen molar-refractivity contribution in [1.82, 2.24) is 10.2 Å². The SMILES string of the molecule is CCCCNC(N)=NCc1ccc(C(=O)N2CCCCC2)cc1.I. The Kier molecular flexibility index (Phi) is 9.75. The van der Waals surface area contributed by atoms with E-state index in [1.54, 1.807) is 0 Å². The van der Waals surface area contributed by atoms with E-state index in [0.717, 1.165) is 56.4 Å². The zero-order valence-electron chi connectivity index (χ0n) is 14.5. The van der Waals surface area contributed by atoms with E-state index >= 15 is 0 Å². The average Bonchev–Trinajstić information content (AvgIpc) is 2.61. The molecule has 0 spiro atoms. The largest absolute Gasteiger partial charge is 0.370 e. The predicted octanol–water partition coefficient (Wildman–Crippen LogP) is 3.14. The summed E-state index contributed by atoms with van der Waals surface area (Å²) in [7, 11) is 0. The van der Waals surface area contributed by atoms with Crippen LogP contribution in [0.1, 0.15) is 54.9 Å². The summed E-state index contributed by atoms with van der Waals surface area (Å²) in [5.74, 6) is 0.618. The van der Waals surface area contributed by atoms with Crippen molar-refractivity contribution in [3.05, 3.63) is 35.4 Å². The third kappa shape index (κ3) is 6.67. The molecular weight excluding hydrogens is 415 g/mol. The number of nitrogens with one attached hydrogen (secondary N) is 1. The zero-order valence-corrected chi connectivity index (χ0v) is 16.8. The van der Waals surface area contributed by atoms with Crippen molar-refractivity contribution in [3.8, 4) is 0 Å². The number of aliphatic imine (C=N–C) groups is 1. The van der Waals surface area contributed by atoms with Crippen LogP contribution in [-0.2, 0) is 6.54 Å². The van der Waals surface area contributed by atoms with Gasteiger partial charge in [-0.2, -0.15) is 0 Å². The Labute approximate surface area is 162 Å². The van der Waals surface area contributed by atoms with E-state index in [1.165, 1.54) is 6.42 Å². The number of halogens is 1. The molecular formula is C18H29IN4O. The van der Waals surface area contributed by atoms with Gasteiger partial charge >= 0.3 is 0 Å². The first-order chi connectivity index (χ1) is 11.2. The normalized spacial score (nSPS) is 14.9. The molecule has 0 unspecified atom stereocenters. The number of nitrogens with zero attached hydrogens (tertiary/aromatic N) is 2. The number of piperidine rings is 1. The smallest absolute Gasteiger partial charge is 0.253 e. The van der Waals surface area contributed by atoms with Crippen LogP contribution in [-0.4, -0.2) is 36.4 Å². The van der Waals surface area contributed by atoms with Crippen molar-refractivity contribution in [1.29, 1.82) is 0 Å². The highest BCUT2D eigenvalue weighted by atomic mass is 127. The van der Waals surface area contributed by atoms with Gasteiger partial charge in [0.05, 0.1) is 6.54 Å². The number of rotatable bonds is 6. The Balaban J connectivity index is 0.00000288. The third-order valence-corrected chi connectivity index (χ3v) is 4.11. The second-order valence-electron chi connectivity index (χ2n) is 6.03. The minimum absolute atomic E-state index is 0. The lowest BCUT2D eigenvalue weighted by Crippen LogP contribution is -2.35. The monoisotopic (exact) mass is 444 g/mol. The lowest BCUT2D eigenvalue weighted by molar-refractivity contribution is 0.0724. The number of hydrogen-bond acceptors (Lipinski definition) is 2. The van der Waals surface area contributed by atoms with Crippen LogP contribution in [0.5, 0.6) is 0 Å². The first-order valence-electron chi connectivity index (χ1n) is 8.62. The number of amides is 1. The van der Waals surface area contributed by atoms with Gasteiger partial charge in [-0.3, -0.25) is 4.79 Å². The molecule has 1 amide bonds. The van der Waals surface area contributed by atoms with E-state index in [-0.39, 0.29) is 29.9 Å². The van der Waals surface area contributed by atoms with E-state index < -0.39 is 0 Å². The molecule has 0 bridgehead atoms. The van der Waals surface area contributed by atoms with Gasteiger partial charge in [0.1, 0.15) is 0 Å². The lowest BCUT2D eigenvalue weighted by Gasteiger charge is -2.26. The highest BCUT2D eigenvalue weighted by Crippen LogP contribution is 2.14. The highest BCUT2D eigenvalue weighted by Gasteiger charge is 2.17. The summed E-state index contributed by atoms with van der Waals surface area (Å²) in [6.07, 6.45) is 5.68. The molecule has 2 rings (SSSR count). The molecule has 1 aromatic rings. The van der Waals surface area contributed by atoms with E-state index in [9.17, 15) is 4.79 Å². The Morgan fingerprint density at radius 3 is 2.50 bits per heavy atom. The van der Waals surface area contributed by atoms with Crippen molar-refractivity contribution in [2.24, 2.45) is 10.7 Å². The number of nitrogens with two attached hydrogens (primary N) is 1. The fraction of sp³-hybridized carbons (Fsp3) is 0.556. The van der Waals surface area contributed by atoms with Gasteiger partial charge in [-0.15, -0.1) is 24.0 Å². The van der Waals surface area contributed by atoms with Gasteiger partial charge in [0.15, 0.2) is 5.96 Å². The molecule has 134 valence electrons. The molecule has 6 heteroatoms. The number of carbonyl (C=O) groups is 1. The molecule has 1 aliphatic rings. The van der Waals surface area contributed by atoms with Gasteiger partial charge in [-0.25, -0.2) is 4.99 Å². The Morgan fingerprint density at radius 2 is 1.88 bits per heavy atom. The summed E-state index contributed by atoms with van der Waals surface area (Å²) in [6.45, 7) is 5.29. The van der Waals surface area contributed by atoms with E-state index in [2.05, 4.69) is 17.2 Å². The Hall–Kier alpha value is -1.31. The number of benzene rings is 1. The summed E-state index contributed by atoms with van der Waals surface area (Å²) in [6, 6.07) is 7.70. The van der Waals surface area contributed by atoms with Gasteiger partial charge in [-0.1, -0.05) is 25.5 Å².